The van der Waals surface area contributed by atoms with Crippen LogP contribution in [0.2, 0.25) is 0 Å². The van der Waals surface area contributed by atoms with E-state index in [-0.39, 0.29) is 34.7 Å². The molecular weight excluding hydrogens is 193 g/mol. The van der Waals surface area contributed by atoms with Gasteiger partial charge in [0, 0.05) is 18.3 Å². The van der Waals surface area contributed by atoms with Crippen LogP contribution in [-0.2, 0) is 0 Å². The third-order valence-corrected chi connectivity index (χ3v) is 2.08. The van der Waals surface area contributed by atoms with E-state index in [9.17, 15) is 5.11 Å². The van der Waals surface area contributed by atoms with Gasteiger partial charge in [0.25, 0.3) is 0 Å². The topological polar surface area (TPSA) is 26.3 Å². The van der Waals surface area contributed by atoms with Crippen molar-refractivity contribution < 1.29 is 34.7 Å². The first-order chi connectivity index (χ1) is 5.72. The minimum atomic E-state index is -0.197. The maximum atomic E-state index is 10.9. The zero-order valence-electron chi connectivity index (χ0n) is 9.01. The second kappa shape index (κ2) is 10.8. The molecule has 0 bridgehead atoms. The smallest absolute Gasteiger partial charge is 0.852 e. The third kappa shape index (κ3) is 9.01. The van der Waals surface area contributed by atoms with Crippen LogP contribution in [0.25, 0.3) is 0 Å². The Kier molecular flexibility index (Phi) is 13.4. The van der Waals surface area contributed by atoms with Gasteiger partial charge in [-0.25, -0.2) is 0 Å². The van der Waals surface area contributed by atoms with Gasteiger partial charge in [-0.1, -0.05) is 38.9 Å². The Hall–Kier alpha value is 0.690. The van der Waals surface area contributed by atoms with Crippen molar-refractivity contribution in [3.05, 3.63) is 0 Å². The van der Waals surface area contributed by atoms with Crippen LogP contribution in [0.1, 0.15) is 39.5 Å². The molecule has 0 aromatic carbocycles. The molecule has 0 saturated heterocycles. The van der Waals surface area contributed by atoms with Crippen LogP contribution in [0.15, 0.2) is 0 Å². The van der Waals surface area contributed by atoms with E-state index < -0.39 is 0 Å². The van der Waals surface area contributed by atoms with E-state index in [1.165, 1.54) is 0 Å². The number of nitrogens with zero attached hydrogens (tertiary/aromatic N) is 1. The van der Waals surface area contributed by atoms with Crippen molar-refractivity contribution in [3.63, 3.8) is 0 Å². The van der Waals surface area contributed by atoms with Crippen LogP contribution in [0.3, 0.4) is 0 Å². The molecule has 0 atom stereocenters. The van der Waals surface area contributed by atoms with Crippen molar-refractivity contribution in [2.75, 3.05) is 13.1 Å². The van der Waals surface area contributed by atoms with Crippen LogP contribution < -0.4 is 34.7 Å². The molecule has 0 unspecified atom stereocenters. The first kappa shape index (κ1) is 16.1. The van der Waals surface area contributed by atoms with Crippen molar-refractivity contribution in [1.82, 2.24) is 4.90 Å². The Morgan fingerprint density at radius 1 is 1.15 bits per heavy atom. The molecule has 0 aliphatic carbocycles. The third-order valence-electron chi connectivity index (χ3n) is 1.82. The van der Waals surface area contributed by atoms with Gasteiger partial charge in [0.1, 0.15) is 0 Å². The van der Waals surface area contributed by atoms with Crippen molar-refractivity contribution >= 4 is 17.4 Å². The van der Waals surface area contributed by atoms with E-state index in [2.05, 4.69) is 26.1 Å². The molecule has 4 heteroatoms. The molecule has 0 amide bonds. The Morgan fingerprint density at radius 2 is 1.54 bits per heavy atom. The monoisotopic (exact) mass is 211 g/mol. The maximum Gasteiger partial charge on any atom is 1.00 e. The zero-order valence-corrected chi connectivity index (χ0v) is 11.8. The van der Waals surface area contributed by atoms with E-state index in [1.807, 2.05) is 0 Å². The summed E-state index contributed by atoms with van der Waals surface area (Å²) >= 11 is 4.61. The molecular formula is C9H18NNaOS. The van der Waals surface area contributed by atoms with Gasteiger partial charge in [-0.15, -0.1) is 0 Å². The minimum absolute atomic E-state index is 0. The Balaban J connectivity index is 0. The molecule has 0 fully saturated rings. The summed E-state index contributed by atoms with van der Waals surface area (Å²) in [5.74, 6) is 0. The normalized spacial score (nSPS) is 9.08. The molecule has 2 nitrogen and oxygen atoms in total. The van der Waals surface area contributed by atoms with Crippen molar-refractivity contribution in [2.45, 2.75) is 39.5 Å². The van der Waals surface area contributed by atoms with Gasteiger partial charge in [-0.3, -0.25) is 0 Å². The second-order valence-corrected chi connectivity index (χ2v) is 3.31. The average Bonchev–Trinajstić information content (AvgIpc) is 2.04. The van der Waals surface area contributed by atoms with Gasteiger partial charge in [-0.05, 0) is 12.8 Å². The molecule has 0 aromatic rings. The largest absolute Gasteiger partial charge is 1.00 e. The summed E-state index contributed by atoms with van der Waals surface area (Å²) < 4.78 is 0. The standard InChI is InChI=1S/C9H19NOS.Na/c1-3-5-7-10(9(11)12)8-6-4-2;/h3-8H2,1-2H3,(H,11,12);/q;+1/p-1. The van der Waals surface area contributed by atoms with Crippen LogP contribution in [-0.4, -0.2) is 23.2 Å². The summed E-state index contributed by atoms with van der Waals surface area (Å²) in [6, 6.07) is 0. The summed E-state index contributed by atoms with van der Waals surface area (Å²) in [6.07, 6.45) is 4.36. The van der Waals surface area contributed by atoms with E-state index in [1.54, 1.807) is 4.90 Å². The first-order valence-corrected chi connectivity index (χ1v) is 5.09. The van der Waals surface area contributed by atoms with Crippen molar-refractivity contribution in [1.29, 1.82) is 0 Å². The number of thiocarbonyl (C=S) groups is 1. The number of hydrogen-bond acceptors (Lipinski definition) is 2. The van der Waals surface area contributed by atoms with Crippen LogP contribution in [0, 0.1) is 0 Å². The SMILES string of the molecule is CCCCN(CCCC)C([O-])=S.[Na+]. The predicted octanol–water partition coefficient (Wildman–Crippen LogP) is -1.46. The quantitative estimate of drug-likeness (QED) is 0.397. The molecule has 13 heavy (non-hydrogen) atoms. The van der Waals surface area contributed by atoms with E-state index in [0.717, 1.165) is 38.8 Å². The maximum absolute atomic E-state index is 10.9. The molecule has 0 saturated carbocycles. The molecule has 0 rings (SSSR count). The Bertz CT molecular complexity index is 125. The summed E-state index contributed by atoms with van der Waals surface area (Å²) in [5, 5.41) is 10.7. The van der Waals surface area contributed by atoms with Gasteiger partial charge < -0.3 is 10.0 Å². The molecule has 0 radical (unpaired) electrons. The summed E-state index contributed by atoms with van der Waals surface area (Å²) in [4.78, 5) is 1.77. The summed E-state index contributed by atoms with van der Waals surface area (Å²) in [5.41, 5.74) is 0. The molecule has 0 aliphatic rings. The molecule has 0 aromatic heterocycles. The Labute approximate surface area is 109 Å². The van der Waals surface area contributed by atoms with E-state index in [0.29, 0.717) is 0 Å². The van der Waals surface area contributed by atoms with Gasteiger partial charge in [0.15, 0.2) is 0 Å². The fourth-order valence-electron chi connectivity index (χ4n) is 0.992. The minimum Gasteiger partial charge on any atom is -0.852 e. The van der Waals surface area contributed by atoms with Crippen molar-refractivity contribution in [2.24, 2.45) is 0 Å². The van der Waals surface area contributed by atoms with Crippen LogP contribution in [0.5, 0.6) is 0 Å². The van der Waals surface area contributed by atoms with Crippen molar-refractivity contribution in [3.8, 4) is 0 Å². The van der Waals surface area contributed by atoms with E-state index >= 15 is 0 Å². The summed E-state index contributed by atoms with van der Waals surface area (Å²) in [7, 11) is 0. The van der Waals surface area contributed by atoms with Crippen LogP contribution >= 0.6 is 12.2 Å². The average molecular weight is 211 g/mol. The molecule has 72 valence electrons. The number of hydrogen-bond donors (Lipinski definition) is 0. The number of rotatable bonds is 6. The molecule has 0 spiro atoms. The van der Waals surface area contributed by atoms with Crippen LogP contribution in [0.4, 0.5) is 0 Å². The molecule has 0 N–H and O–H groups in total. The van der Waals surface area contributed by atoms with Gasteiger partial charge in [-0.2, -0.15) is 0 Å². The van der Waals surface area contributed by atoms with Gasteiger partial charge in [0.2, 0.25) is 0 Å². The fraction of sp³-hybridized carbons (Fsp3) is 0.889. The Morgan fingerprint density at radius 3 is 1.77 bits per heavy atom. The van der Waals surface area contributed by atoms with Gasteiger partial charge >= 0.3 is 29.6 Å². The molecule has 0 heterocycles. The van der Waals surface area contributed by atoms with Gasteiger partial charge in [0.05, 0.1) is 0 Å². The first-order valence-electron chi connectivity index (χ1n) is 4.68. The predicted molar refractivity (Wildman–Crippen MR) is 54.0 cm³/mol. The molecule has 0 aliphatic heterocycles. The fourth-order valence-corrected chi connectivity index (χ4v) is 1.17. The summed E-state index contributed by atoms with van der Waals surface area (Å²) in [6.45, 7) is 5.90. The number of unbranched alkanes of at least 4 members (excludes halogenated alkanes) is 2. The second-order valence-electron chi connectivity index (χ2n) is 2.96. The zero-order chi connectivity index (χ0) is 9.40. The van der Waals surface area contributed by atoms with E-state index in [4.69, 9.17) is 0 Å².